The van der Waals surface area contributed by atoms with Crippen LogP contribution in [0.25, 0.3) is 0 Å². The maximum absolute atomic E-state index is 12.8. The number of nitrogens with one attached hydrogen (secondary N) is 1. The molecule has 0 radical (unpaired) electrons. The van der Waals surface area contributed by atoms with Gasteiger partial charge in [0.05, 0.1) is 16.3 Å². The third-order valence-corrected chi connectivity index (χ3v) is 5.07. The van der Waals surface area contributed by atoms with Gasteiger partial charge in [0.2, 0.25) is 5.91 Å². The van der Waals surface area contributed by atoms with Crippen LogP contribution >= 0.6 is 0 Å². The molecule has 0 saturated carbocycles. The largest absolute Gasteiger partial charge is 0.323 e. The van der Waals surface area contributed by atoms with Crippen molar-refractivity contribution in [1.29, 1.82) is 0 Å². The third kappa shape index (κ3) is 2.38. The Morgan fingerprint density at radius 3 is 2.62 bits per heavy atom. The highest BCUT2D eigenvalue weighted by atomic mass is 32.2. The van der Waals surface area contributed by atoms with E-state index in [1.807, 2.05) is 13.0 Å². The van der Waals surface area contributed by atoms with Gasteiger partial charge in [-0.25, -0.2) is 8.42 Å². The van der Waals surface area contributed by atoms with Crippen LogP contribution in [0.5, 0.6) is 0 Å². The molecule has 6 heteroatoms. The molecule has 5 nitrogen and oxygen atoms in total. The van der Waals surface area contributed by atoms with Crippen LogP contribution in [0.4, 0.5) is 11.4 Å². The molecule has 0 saturated heterocycles. The van der Waals surface area contributed by atoms with Gasteiger partial charge in [0.25, 0.3) is 10.0 Å². The Kier molecular flexibility index (Phi) is 3.17. The number of hydrogen-bond donors (Lipinski definition) is 1. The van der Waals surface area contributed by atoms with E-state index in [1.165, 1.54) is 6.07 Å². The molecular formula is C15H14N2O3S. The first-order chi connectivity index (χ1) is 9.98. The molecule has 21 heavy (non-hydrogen) atoms. The average Bonchev–Trinajstić information content (AvgIpc) is 2.46. The molecule has 3 rings (SSSR count). The van der Waals surface area contributed by atoms with Crippen molar-refractivity contribution >= 4 is 27.3 Å². The lowest BCUT2D eigenvalue weighted by Gasteiger charge is -2.30. The Labute approximate surface area is 123 Å². The number of para-hydroxylation sites is 2. The summed E-state index contributed by atoms with van der Waals surface area (Å²) in [5.74, 6) is -0.343. The van der Waals surface area contributed by atoms with E-state index in [4.69, 9.17) is 0 Å². The fourth-order valence-corrected chi connectivity index (χ4v) is 3.86. The summed E-state index contributed by atoms with van der Waals surface area (Å²) in [6, 6.07) is 13.5. The van der Waals surface area contributed by atoms with Gasteiger partial charge in [0, 0.05) is 0 Å². The fraction of sp³-hybridized carbons (Fsp3) is 0.133. The zero-order valence-electron chi connectivity index (χ0n) is 11.4. The molecule has 0 fully saturated rings. The van der Waals surface area contributed by atoms with E-state index in [1.54, 1.807) is 36.4 Å². The lowest BCUT2D eigenvalue weighted by Crippen LogP contribution is -2.42. The van der Waals surface area contributed by atoms with Crippen molar-refractivity contribution in [3.63, 3.8) is 0 Å². The third-order valence-electron chi connectivity index (χ3n) is 3.31. The Balaban J connectivity index is 2.14. The van der Waals surface area contributed by atoms with E-state index < -0.39 is 10.0 Å². The second-order valence-electron chi connectivity index (χ2n) is 4.89. The van der Waals surface area contributed by atoms with Crippen LogP contribution in [-0.2, 0) is 14.8 Å². The number of fused-ring (bicyclic) bond motifs is 1. The van der Waals surface area contributed by atoms with Crippen molar-refractivity contribution < 1.29 is 13.2 Å². The van der Waals surface area contributed by atoms with Crippen molar-refractivity contribution in [3.8, 4) is 0 Å². The van der Waals surface area contributed by atoms with Crippen LogP contribution in [0, 0.1) is 6.92 Å². The summed E-state index contributed by atoms with van der Waals surface area (Å²) in [6.45, 7) is 1.61. The summed E-state index contributed by atoms with van der Waals surface area (Å²) in [4.78, 5) is 12.0. The average molecular weight is 302 g/mol. The Bertz CT molecular complexity index is 815. The monoisotopic (exact) mass is 302 g/mol. The van der Waals surface area contributed by atoms with Gasteiger partial charge in [-0.15, -0.1) is 0 Å². The number of hydrogen-bond acceptors (Lipinski definition) is 3. The molecule has 0 spiro atoms. The highest BCUT2D eigenvalue weighted by molar-refractivity contribution is 7.92. The predicted octanol–water partition coefficient (Wildman–Crippen LogP) is 2.14. The van der Waals surface area contributed by atoms with Crippen molar-refractivity contribution in [2.75, 3.05) is 16.2 Å². The minimum absolute atomic E-state index is 0.187. The zero-order valence-corrected chi connectivity index (χ0v) is 12.2. The van der Waals surface area contributed by atoms with E-state index >= 15 is 0 Å². The SMILES string of the molecule is Cc1cccc(S(=O)(=O)N2CC(=O)Nc3ccccc32)c1. The van der Waals surface area contributed by atoms with Crippen LogP contribution in [0.15, 0.2) is 53.4 Å². The minimum Gasteiger partial charge on any atom is -0.323 e. The molecule has 1 aliphatic heterocycles. The van der Waals surface area contributed by atoms with E-state index in [0.717, 1.165) is 9.87 Å². The Morgan fingerprint density at radius 2 is 1.86 bits per heavy atom. The van der Waals surface area contributed by atoms with E-state index in [2.05, 4.69) is 5.32 Å². The summed E-state index contributed by atoms with van der Waals surface area (Å²) in [6.07, 6.45) is 0. The van der Waals surface area contributed by atoms with Gasteiger partial charge < -0.3 is 5.32 Å². The first kappa shape index (κ1) is 13.6. The first-order valence-corrected chi connectivity index (χ1v) is 7.91. The molecule has 1 N–H and O–H groups in total. The number of aryl methyl sites for hydroxylation is 1. The summed E-state index contributed by atoms with van der Waals surface area (Å²) < 4.78 is 26.7. The summed E-state index contributed by atoms with van der Waals surface area (Å²) in [5, 5.41) is 2.68. The molecule has 1 heterocycles. The molecule has 0 bridgehead atoms. The normalized spacial score (nSPS) is 14.5. The number of sulfonamides is 1. The van der Waals surface area contributed by atoms with Crippen LogP contribution in [0.2, 0.25) is 0 Å². The van der Waals surface area contributed by atoms with E-state index in [9.17, 15) is 13.2 Å². The van der Waals surface area contributed by atoms with E-state index in [-0.39, 0.29) is 17.3 Å². The van der Waals surface area contributed by atoms with Crippen molar-refractivity contribution in [2.24, 2.45) is 0 Å². The molecule has 1 amide bonds. The molecule has 0 aliphatic carbocycles. The van der Waals surface area contributed by atoms with Gasteiger partial charge >= 0.3 is 0 Å². The summed E-state index contributed by atoms with van der Waals surface area (Å²) in [7, 11) is -3.76. The highest BCUT2D eigenvalue weighted by Crippen LogP contribution is 2.33. The van der Waals surface area contributed by atoms with Gasteiger partial charge in [0.1, 0.15) is 6.54 Å². The van der Waals surface area contributed by atoms with Gasteiger partial charge in [-0.3, -0.25) is 9.10 Å². The second kappa shape index (κ2) is 4.89. The molecule has 108 valence electrons. The predicted molar refractivity (Wildman–Crippen MR) is 80.8 cm³/mol. The highest BCUT2D eigenvalue weighted by Gasteiger charge is 2.32. The quantitative estimate of drug-likeness (QED) is 0.924. The number of carbonyl (C=O) groups excluding carboxylic acids is 1. The van der Waals surface area contributed by atoms with Crippen molar-refractivity contribution in [3.05, 3.63) is 54.1 Å². The molecular weight excluding hydrogens is 288 g/mol. The van der Waals surface area contributed by atoms with Gasteiger partial charge in [-0.2, -0.15) is 0 Å². The smallest absolute Gasteiger partial charge is 0.264 e. The molecule has 0 unspecified atom stereocenters. The molecule has 0 atom stereocenters. The zero-order chi connectivity index (χ0) is 15.0. The standard InChI is InChI=1S/C15H14N2O3S/c1-11-5-4-6-12(9-11)21(19,20)17-10-15(18)16-13-7-2-3-8-14(13)17/h2-9H,10H2,1H3,(H,16,18). The number of benzene rings is 2. The fourth-order valence-electron chi connectivity index (χ4n) is 2.32. The second-order valence-corrected chi connectivity index (χ2v) is 6.76. The van der Waals surface area contributed by atoms with Gasteiger partial charge in [-0.1, -0.05) is 24.3 Å². The van der Waals surface area contributed by atoms with Crippen LogP contribution in [0.1, 0.15) is 5.56 Å². The maximum atomic E-state index is 12.8. The lowest BCUT2D eigenvalue weighted by molar-refractivity contribution is -0.115. The van der Waals surface area contributed by atoms with Crippen molar-refractivity contribution in [2.45, 2.75) is 11.8 Å². The van der Waals surface area contributed by atoms with Crippen LogP contribution < -0.4 is 9.62 Å². The Morgan fingerprint density at radius 1 is 1.10 bits per heavy atom. The Hall–Kier alpha value is -2.34. The number of anilines is 2. The maximum Gasteiger partial charge on any atom is 0.264 e. The number of amides is 1. The van der Waals surface area contributed by atoms with Gasteiger partial charge in [0.15, 0.2) is 0 Å². The topological polar surface area (TPSA) is 66.5 Å². The molecule has 1 aliphatic rings. The van der Waals surface area contributed by atoms with E-state index in [0.29, 0.717) is 11.4 Å². The number of rotatable bonds is 2. The summed E-state index contributed by atoms with van der Waals surface area (Å²) >= 11 is 0. The lowest BCUT2D eigenvalue weighted by atomic mass is 10.2. The van der Waals surface area contributed by atoms with Crippen molar-refractivity contribution in [1.82, 2.24) is 0 Å². The van der Waals surface area contributed by atoms with Crippen LogP contribution in [-0.4, -0.2) is 20.9 Å². The molecule has 2 aromatic rings. The molecule has 2 aromatic carbocycles. The minimum atomic E-state index is -3.76. The van der Waals surface area contributed by atoms with Gasteiger partial charge in [-0.05, 0) is 36.8 Å². The first-order valence-electron chi connectivity index (χ1n) is 6.47. The summed E-state index contributed by atoms with van der Waals surface area (Å²) in [5.41, 5.74) is 1.84. The number of carbonyl (C=O) groups is 1. The number of nitrogens with zero attached hydrogens (tertiary/aromatic N) is 1. The van der Waals surface area contributed by atoms with Crippen LogP contribution in [0.3, 0.4) is 0 Å². The molecule has 0 aromatic heterocycles.